The van der Waals surface area contributed by atoms with Crippen LogP contribution in [0, 0.1) is 0 Å². The summed E-state index contributed by atoms with van der Waals surface area (Å²) in [7, 11) is 0. The molecule has 4 nitrogen and oxygen atoms in total. The van der Waals surface area contributed by atoms with Crippen LogP contribution >= 0.6 is 15.9 Å². The molecule has 0 saturated carbocycles. The van der Waals surface area contributed by atoms with Crippen LogP contribution in [0.5, 0.6) is 0 Å². The number of hydrogen-bond acceptors (Lipinski definition) is 4. The zero-order chi connectivity index (χ0) is 11.5. The van der Waals surface area contributed by atoms with Gasteiger partial charge in [0.2, 0.25) is 0 Å². The Bertz CT molecular complexity index is 311. The maximum atomic E-state index is 9.57. The fourth-order valence-corrected chi connectivity index (χ4v) is 1.41. The Morgan fingerprint density at radius 2 is 2.27 bits per heavy atom. The van der Waals surface area contributed by atoms with Gasteiger partial charge in [-0.15, -0.1) is 0 Å². The summed E-state index contributed by atoms with van der Waals surface area (Å²) in [5.41, 5.74) is -1.10. The Hall–Kier alpha value is -0.360. The van der Waals surface area contributed by atoms with Gasteiger partial charge in [-0.2, -0.15) is 0 Å². The summed E-state index contributed by atoms with van der Waals surface area (Å²) >= 11 is 3.22. The van der Waals surface area contributed by atoms with Crippen LogP contribution in [0.2, 0.25) is 0 Å². The Kier molecular flexibility index (Phi) is 4.33. The van der Waals surface area contributed by atoms with Crippen molar-refractivity contribution in [3.05, 3.63) is 22.6 Å². The predicted molar refractivity (Wildman–Crippen MR) is 60.5 cm³/mol. The van der Waals surface area contributed by atoms with Crippen LogP contribution < -0.4 is 5.32 Å². The van der Waals surface area contributed by atoms with Crippen molar-refractivity contribution in [2.24, 2.45) is 0 Å². The van der Waals surface area contributed by atoms with E-state index in [9.17, 15) is 5.11 Å². The van der Waals surface area contributed by atoms with E-state index in [1.54, 1.807) is 6.92 Å². The van der Waals surface area contributed by atoms with Gasteiger partial charge in [0.15, 0.2) is 4.67 Å². The first-order chi connectivity index (χ1) is 6.94. The van der Waals surface area contributed by atoms with Gasteiger partial charge in [0.1, 0.15) is 5.76 Å². The molecule has 0 radical (unpaired) electrons. The molecule has 0 aliphatic rings. The van der Waals surface area contributed by atoms with Crippen LogP contribution in [0.1, 0.15) is 25.6 Å². The lowest BCUT2D eigenvalue weighted by molar-refractivity contribution is 0.000638. The van der Waals surface area contributed by atoms with Crippen LogP contribution in [0.25, 0.3) is 0 Å². The van der Waals surface area contributed by atoms with E-state index in [-0.39, 0.29) is 12.6 Å². The molecule has 2 unspecified atom stereocenters. The molecule has 0 aliphatic heterocycles. The number of nitrogens with one attached hydrogen (secondary N) is 1. The van der Waals surface area contributed by atoms with Gasteiger partial charge in [0.05, 0.1) is 18.2 Å². The topological polar surface area (TPSA) is 65.6 Å². The molecule has 15 heavy (non-hydrogen) atoms. The van der Waals surface area contributed by atoms with Gasteiger partial charge in [-0.1, -0.05) is 0 Å². The minimum atomic E-state index is -1.10. The maximum absolute atomic E-state index is 9.57. The summed E-state index contributed by atoms with van der Waals surface area (Å²) in [6.07, 6.45) is 0. The monoisotopic (exact) mass is 277 g/mol. The zero-order valence-corrected chi connectivity index (χ0v) is 10.4. The van der Waals surface area contributed by atoms with Crippen molar-refractivity contribution in [1.29, 1.82) is 0 Å². The Morgan fingerprint density at radius 3 is 2.73 bits per heavy atom. The largest absolute Gasteiger partial charge is 0.453 e. The maximum Gasteiger partial charge on any atom is 0.169 e. The predicted octanol–water partition coefficient (Wildman–Crippen LogP) is 1.44. The third kappa shape index (κ3) is 3.95. The number of aliphatic hydroxyl groups is 2. The second-order valence-corrected chi connectivity index (χ2v) is 4.68. The van der Waals surface area contributed by atoms with Crippen LogP contribution in [0.15, 0.2) is 21.2 Å². The molecule has 0 fully saturated rings. The molecule has 0 aliphatic carbocycles. The normalized spacial score (nSPS) is 17.4. The first kappa shape index (κ1) is 12.7. The molecular formula is C10H16BrNO3. The molecule has 0 spiro atoms. The molecule has 86 valence electrons. The molecule has 1 aromatic rings. The standard InChI is InChI=1S/C10H16BrNO3/c1-7(8-3-4-9(11)15-8)12-5-10(2,14)6-13/h3-4,7,12-14H,5-6H2,1-2H3. The minimum Gasteiger partial charge on any atom is -0.453 e. The van der Waals surface area contributed by atoms with Crippen molar-refractivity contribution in [3.63, 3.8) is 0 Å². The van der Waals surface area contributed by atoms with Crippen molar-refractivity contribution in [1.82, 2.24) is 5.32 Å². The van der Waals surface area contributed by atoms with Crippen molar-refractivity contribution >= 4 is 15.9 Å². The quantitative estimate of drug-likeness (QED) is 0.762. The van der Waals surface area contributed by atoms with Gasteiger partial charge in [-0.3, -0.25) is 0 Å². The van der Waals surface area contributed by atoms with Gasteiger partial charge < -0.3 is 19.9 Å². The summed E-state index contributed by atoms with van der Waals surface area (Å²) < 4.78 is 6.03. The van der Waals surface area contributed by atoms with Crippen LogP contribution in [0.4, 0.5) is 0 Å². The SMILES string of the molecule is CC(NCC(C)(O)CO)c1ccc(Br)o1. The van der Waals surface area contributed by atoms with E-state index in [0.29, 0.717) is 11.2 Å². The highest BCUT2D eigenvalue weighted by atomic mass is 79.9. The van der Waals surface area contributed by atoms with E-state index in [0.717, 1.165) is 5.76 Å². The number of halogens is 1. The number of hydrogen-bond donors (Lipinski definition) is 3. The minimum absolute atomic E-state index is 0.00525. The van der Waals surface area contributed by atoms with Crippen LogP contribution in [-0.2, 0) is 0 Å². The molecule has 0 aromatic carbocycles. The van der Waals surface area contributed by atoms with E-state index in [2.05, 4.69) is 21.2 Å². The fourth-order valence-electron chi connectivity index (χ4n) is 1.09. The van der Waals surface area contributed by atoms with E-state index >= 15 is 0 Å². The van der Waals surface area contributed by atoms with Crippen molar-refractivity contribution in [2.75, 3.05) is 13.2 Å². The second kappa shape index (κ2) is 5.12. The Labute approximate surface area is 97.4 Å². The summed E-state index contributed by atoms with van der Waals surface area (Å²) in [6.45, 7) is 3.54. The number of furan rings is 1. The molecule has 1 rings (SSSR count). The lowest BCUT2D eigenvalue weighted by atomic mass is 10.1. The highest BCUT2D eigenvalue weighted by Gasteiger charge is 2.20. The molecule has 2 atom stereocenters. The van der Waals surface area contributed by atoms with Crippen molar-refractivity contribution in [3.8, 4) is 0 Å². The van der Waals surface area contributed by atoms with Crippen molar-refractivity contribution < 1.29 is 14.6 Å². The van der Waals surface area contributed by atoms with Gasteiger partial charge >= 0.3 is 0 Å². The molecule has 0 bridgehead atoms. The third-order valence-corrected chi connectivity index (χ3v) is 2.58. The van der Waals surface area contributed by atoms with E-state index < -0.39 is 5.60 Å². The second-order valence-electron chi connectivity index (χ2n) is 3.90. The van der Waals surface area contributed by atoms with Gasteiger partial charge in [-0.25, -0.2) is 0 Å². The van der Waals surface area contributed by atoms with Gasteiger partial charge in [0, 0.05) is 6.54 Å². The van der Waals surface area contributed by atoms with Crippen LogP contribution in [-0.4, -0.2) is 29.0 Å². The Morgan fingerprint density at radius 1 is 1.60 bits per heavy atom. The van der Waals surface area contributed by atoms with Gasteiger partial charge in [-0.05, 0) is 41.9 Å². The number of rotatable bonds is 5. The molecule has 3 N–H and O–H groups in total. The molecular weight excluding hydrogens is 262 g/mol. The third-order valence-electron chi connectivity index (χ3n) is 2.15. The van der Waals surface area contributed by atoms with Crippen molar-refractivity contribution in [2.45, 2.75) is 25.5 Å². The number of aliphatic hydroxyl groups excluding tert-OH is 1. The smallest absolute Gasteiger partial charge is 0.169 e. The summed E-state index contributed by atoms with van der Waals surface area (Å²) in [6, 6.07) is 3.67. The molecule has 5 heteroatoms. The molecule has 0 saturated heterocycles. The van der Waals surface area contributed by atoms with E-state index in [1.807, 2.05) is 19.1 Å². The van der Waals surface area contributed by atoms with Gasteiger partial charge in [0.25, 0.3) is 0 Å². The van der Waals surface area contributed by atoms with E-state index in [4.69, 9.17) is 9.52 Å². The van der Waals surface area contributed by atoms with E-state index in [1.165, 1.54) is 0 Å². The summed E-state index contributed by atoms with van der Waals surface area (Å²) in [5.74, 6) is 0.788. The van der Waals surface area contributed by atoms with Crippen LogP contribution in [0.3, 0.4) is 0 Å². The molecule has 1 aromatic heterocycles. The zero-order valence-electron chi connectivity index (χ0n) is 8.83. The average molecular weight is 278 g/mol. The Balaban J connectivity index is 2.46. The first-order valence-corrected chi connectivity index (χ1v) is 5.56. The summed E-state index contributed by atoms with van der Waals surface area (Å²) in [5, 5.41) is 21.5. The highest BCUT2D eigenvalue weighted by molar-refractivity contribution is 9.10. The lowest BCUT2D eigenvalue weighted by Gasteiger charge is -2.22. The average Bonchev–Trinajstić information content (AvgIpc) is 2.61. The first-order valence-electron chi connectivity index (χ1n) is 4.76. The highest BCUT2D eigenvalue weighted by Crippen LogP contribution is 2.20. The lowest BCUT2D eigenvalue weighted by Crippen LogP contribution is -2.41. The molecule has 1 heterocycles. The molecule has 0 amide bonds. The summed E-state index contributed by atoms with van der Waals surface area (Å²) in [4.78, 5) is 0. The fraction of sp³-hybridized carbons (Fsp3) is 0.600.